The average Bonchev–Trinajstić information content (AvgIpc) is 2.53. The largest absolute Gasteiger partial charge is 0.478 e. The van der Waals surface area contributed by atoms with E-state index in [1.807, 2.05) is 18.2 Å². The summed E-state index contributed by atoms with van der Waals surface area (Å²) in [4.78, 5) is 10.8. The van der Waals surface area contributed by atoms with Gasteiger partial charge in [-0.1, -0.05) is 24.3 Å². The van der Waals surface area contributed by atoms with Crippen LogP contribution in [-0.4, -0.2) is 24.7 Å². The molecule has 0 aliphatic carbocycles. The quantitative estimate of drug-likeness (QED) is 0.805. The molecule has 2 aromatic carbocycles. The molecule has 5 nitrogen and oxygen atoms in total. The number of carboxylic acid groups (broad SMARTS) is 1. The summed E-state index contributed by atoms with van der Waals surface area (Å²) in [7, 11) is -3.35. The third-order valence-corrected chi connectivity index (χ3v) is 5.47. The highest BCUT2D eigenvalue weighted by Crippen LogP contribution is 2.16. The van der Waals surface area contributed by atoms with E-state index in [2.05, 4.69) is 4.72 Å². The molecule has 2 aromatic rings. The van der Waals surface area contributed by atoms with Gasteiger partial charge in [-0.15, -0.1) is 0 Å². The molecule has 2 N–H and O–H groups in total. The molecule has 6 heteroatoms. The highest BCUT2D eigenvalue weighted by atomic mass is 32.2. The molecule has 0 bridgehead atoms. The number of rotatable bonds is 7. The van der Waals surface area contributed by atoms with Crippen molar-refractivity contribution >= 4 is 21.7 Å². The molecule has 0 unspecified atom stereocenters. The van der Waals surface area contributed by atoms with Gasteiger partial charge in [-0.25, -0.2) is 13.2 Å². The number of benzene rings is 2. The molecule has 0 fully saturated rings. The van der Waals surface area contributed by atoms with Gasteiger partial charge in [0.25, 0.3) is 0 Å². The van der Waals surface area contributed by atoms with Gasteiger partial charge in [0.05, 0.1) is 10.8 Å². The van der Waals surface area contributed by atoms with Crippen LogP contribution in [0.4, 0.5) is 5.69 Å². The maximum Gasteiger partial charge on any atom is 0.335 e. The number of nitrogens with one attached hydrogen (secondary N) is 1. The van der Waals surface area contributed by atoms with E-state index in [1.165, 1.54) is 0 Å². The Labute approximate surface area is 142 Å². The fourth-order valence-electron chi connectivity index (χ4n) is 2.18. The zero-order chi connectivity index (χ0) is 17.7. The monoisotopic (exact) mass is 347 g/mol. The van der Waals surface area contributed by atoms with Gasteiger partial charge >= 0.3 is 5.97 Å². The summed E-state index contributed by atoms with van der Waals surface area (Å²) >= 11 is 0. The Morgan fingerprint density at radius 2 is 1.67 bits per heavy atom. The number of aromatic carboxylic acids is 1. The van der Waals surface area contributed by atoms with Crippen LogP contribution in [0.15, 0.2) is 48.5 Å². The van der Waals surface area contributed by atoms with E-state index in [9.17, 15) is 13.2 Å². The zero-order valence-corrected chi connectivity index (χ0v) is 14.5. The Bertz CT molecular complexity index is 811. The van der Waals surface area contributed by atoms with Gasteiger partial charge in [0, 0.05) is 5.69 Å². The predicted molar refractivity (Wildman–Crippen MR) is 94.9 cm³/mol. The minimum Gasteiger partial charge on any atom is -0.478 e. The lowest BCUT2D eigenvalue weighted by atomic mass is 10.0. The molecular formula is C18H21NO4S. The number of carboxylic acids is 1. The molecule has 128 valence electrons. The molecule has 0 aliphatic rings. The van der Waals surface area contributed by atoms with E-state index in [1.54, 1.807) is 44.2 Å². The van der Waals surface area contributed by atoms with Crippen LogP contribution in [0.1, 0.15) is 35.3 Å². The summed E-state index contributed by atoms with van der Waals surface area (Å²) in [6.07, 6.45) is 1.49. The number of anilines is 1. The Kier molecular flexibility index (Phi) is 5.62. The van der Waals surface area contributed by atoms with Gasteiger partial charge in [0.2, 0.25) is 10.0 Å². The van der Waals surface area contributed by atoms with Gasteiger partial charge in [-0.2, -0.15) is 0 Å². The highest BCUT2D eigenvalue weighted by molar-refractivity contribution is 7.93. The normalized spacial score (nSPS) is 11.5. The van der Waals surface area contributed by atoms with Crippen molar-refractivity contribution in [1.82, 2.24) is 0 Å². The summed E-state index contributed by atoms with van der Waals surface area (Å²) in [5.74, 6) is -0.938. The Hall–Kier alpha value is -2.34. The van der Waals surface area contributed by atoms with Crippen molar-refractivity contribution < 1.29 is 18.3 Å². The second kappa shape index (κ2) is 7.49. The Balaban J connectivity index is 2.03. The van der Waals surface area contributed by atoms with Gasteiger partial charge in [-0.05, 0) is 62.1 Å². The minimum absolute atomic E-state index is 0.267. The Morgan fingerprint density at radius 1 is 1.04 bits per heavy atom. The van der Waals surface area contributed by atoms with Gasteiger partial charge < -0.3 is 5.11 Å². The number of hydrogen-bond donors (Lipinski definition) is 2. The second-order valence-corrected chi connectivity index (χ2v) is 8.14. The van der Waals surface area contributed by atoms with Crippen LogP contribution in [-0.2, 0) is 22.9 Å². The molecule has 0 atom stereocenters. The zero-order valence-electron chi connectivity index (χ0n) is 13.7. The van der Waals surface area contributed by atoms with E-state index in [0.717, 1.165) is 24.0 Å². The van der Waals surface area contributed by atoms with Crippen molar-refractivity contribution in [2.45, 2.75) is 31.9 Å². The third-order valence-electron chi connectivity index (χ3n) is 3.71. The highest BCUT2D eigenvalue weighted by Gasteiger charge is 2.15. The molecule has 24 heavy (non-hydrogen) atoms. The average molecular weight is 347 g/mol. The molecule has 0 amide bonds. The maximum atomic E-state index is 11.9. The number of sulfonamides is 1. The van der Waals surface area contributed by atoms with Gasteiger partial charge in [0.15, 0.2) is 0 Å². The first kappa shape index (κ1) is 18.0. The standard InChI is InChI=1S/C18H21NO4S/c1-13(2)24(22,23)19-17-5-3-4-15(12-17)7-6-14-8-10-16(11-9-14)18(20)21/h3-5,8-13,19H,6-7H2,1-2H3,(H,20,21). The summed E-state index contributed by atoms with van der Waals surface area (Å²) in [6.45, 7) is 3.26. The number of hydrogen-bond acceptors (Lipinski definition) is 3. The van der Waals surface area contributed by atoms with Crippen molar-refractivity contribution in [3.63, 3.8) is 0 Å². The second-order valence-electron chi connectivity index (χ2n) is 5.90. The summed E-state index contributed by atoms with van der Waals surface area (Å²) < 4.78 is 26.4. The maximum absolute atomic E-state index is 11.9. The predicted octanol–water partition coefficient (Wildman–Crippen LogP) is 3.32. The van der Waals surface area contributed by atoms with Crippen LogP contribution in [0.5, 0.6) is 0 Å². The van der Waals surface area contributed by atoms with Crippen LogP contribution in [0.25, 0.3) is 0 Å². The van der Waals surface area contributed by atoms with E-state index < -0.39 is 21.2 Å². The van der Waals surface area contributed by atoms with Crippen LogP contribution < -0.4 is 4.72 Å². The molecule has 0 saturated heterocycles. The van der Waals surface area contributed by atoms with Crippen LogP contribution in [0, 0.1) is 0 Å². The molecular weight excluding hydrogens is 326 g/mol. The lowest BCUT2D eigenvalue weighted by Crippen LogP contribution is -2.22. The van der Waals surface area contributed by atoms with Crippen molar-refractivity contribution in [1.29, 1.82) is 0 Å². The summed E-state index contributed by atoms with van der Waals surface area (Å²) in [5.41, 5.74) is 2.88. The molecule has 0 radical (unpaired) electrons. The topological polar surface area (TPSA) is 83.5 Å². The lowest BCUT2D eigenvalue weighted by molar-refractivity contribution is 0.0697. The first-order valence-corrected chi connectivity index (χ1v) is 9.25. The molecule has 0 spiro atoms. The van der Waals surface area contributed by atoms with Crippen LogP contribution in [0.2, 0.25) is 0 Å². The van der Waals surface area contributed by atoms with Crippen molar-refractivity contribution in [3.8, 4) is 0 Å². The molecule has 0 aliphatic heterocycles. The number of aryl methyl sites for hydroxylation is 2. The molecule has 0 saturated carbocycles. The molecule has 0 aromatic heterocycles. The fourth-order valence-corrected chi connectivity index (χ4v) is 2.87. The third kappa shape index (κ3) is 4.83. The van der Waals surface area contributed by atoms with E-state index >= 15 is 0 Å². The van der Waals surface area contributed by atoms with Crippen LogP contribution in [0.3, 0.4) is 0 Å². The van der Waals surface area contributed by atoms with Gasteiger partial charge in [-0.3, -0.25) is 4.72 Å². The fraction of sp³-hybridized carbons (Fsp3) is 0.278. The van der Waals surface area contributed by atoms with Crippen molar-refractivity contribution in [2.24, 2.45) is 0 Å². The Morgan fingerprint density at radius 3 is 2.25 bits per heavy atom. The van der Waals surface area contributed by atoms with Crippen LogP contribution >= 0.6 is 0 Å². The SMILES string of the molecule is CC(C)S(=O)(=O)Nc1cccc(CCc2ccc(C(=O)O)cc2)c1. The first-order chi connectivity index (χ1) is 11.3. The number of carbonyl (C=O) groups is 1. The van der Waals surface area contributed by atoms with E-state index in [-0.39, 0.29) is 5.56 Å². The molecule has 2 rings (SSSR count). The van der Waals surface area contributed by atoms with Gasteiger partial charge in [0.1, 0.15) is 0 Å². The van der Waals surface area contributed by atoms with Crippen molar-refractivity contribution in [2.75, 3.05) is 4.72 Å². The lowest BCUT2D eigenvalue weighted by Gasteiger charge is -2.12. The molecule has 0 heterocycles. The minimum atomic E-state index is -3.35. The summed E-state index contributed by atoms with van der Waals surface area (Å²) in [6, 6.07) is 14.1. The van der Waals surface area contributed by atoms with E-state index in [0.29, 0.717) is 5.69 Å². The summed E-state index contributed by atoms with van der Waals surface area (Å²) in [5, 5.41) is 8.40. The van der Waals surface area contributed by atoms with Crippen molar-refractivity contribution in [3.05, 3.63) is 65.2 Å². The first-order valence-electron chi connectivity index (χ1n) is 7.71. The van der Waals surface area contributed by atoms with E-state index in [4.69, 9.17) is 5.11 Å². The smallest absolute Gasteiger partial charge is 0.335 e.